The molecule has 0 aliphatic carbocycles. The molecule has 0 radical (unpaired) electrons. The van der Waals surface area contributed by atoms with Crippen molar-refractivity contribution in [1.29, 1.82) is 0 Å². The summed E-state index contributed by atoms with van der Waals surface area (Å²) >= 11 is 1.56. The molecule has 4 heteroatoms. The van der Waals surface area contributed by atoms with E-state index in [4.69, 9.17) is 0 Å². The molecule has 0 aliphatic rings. The Morgan fingerprint density at radius 1 is 1.08 bits per heavy atom. The van der Waals surface area contributed by atoms with E-state index in [9.17, 15) is 4.79 Å². The number of carbonyl (C=O) groups is 1. The van der Waals surface area contributed by atoms with Gasteiger partial charge in [0.05, 0.1) is 16.6 Å². The van der Waals surface area contributed by atoms with Crippen LogP contribution in [-0.4, -0.2) is 10.5 Å². The highest BCUT2D eigenvalue weighted by Crippen LogP contribution is 2.20. The highest BCUT2D eigenvalue weighted by Gasteiger charge is 2.10. The number of hydrogen-bond donors (Lipinski definition) is 0. The second-order valence-corrected chi connectivity index (χ2v) is 7.43. The molecule has 0 N–H and O–H groups in total. The van der Waals surface area contributed by atoms with E-state index in [0.29, 0.717) is 6.42 Å². The highest BCUT2D eigenvalue weighted by atomic mass is 32.1. The minimum atomic E-state index is -0.0927. The van der Waals surface area contributed by atoms with Crippen LogP contribution in [0.3, 0.4) is 0 Å². The number of aromatic nitrogens is 1. The van der Waals surface area contributed by atoms with E-state index in [2.05, 4.69) is 57.0 Å². The fourth-order valence-corrected chi connectivity index (χ4v) is 4.40. The minimum Gasteiger partial charge on any atom is -0.319 e. The van der Waals surface area contributed by atoms with Gasteiger partial charge < -0.3 is 4.57 Å². The van der Waals surface area contributed by atoms with Gasteiger partial charge in [0, 0.05) is 7.05 Å². The largest absolute Gasteiger partial charge is 0.319 e. The third-order valence-electron chi connectivity index (χ3n) is 4.41. The summed E-state index contributed by atoms with van der Waals surface area (Å²) in [6, 6.07) is 10.4. The summed E-state index contributed by atoms with van der Waals surface area (Å²) in [4.78, 5) is 17.6. The van der Waals surface area contributed by atoms with E-state index in [1.807, 2.05) is 17.7 Å². The first-order valence-electron chi connectivity index (χ1n) is 8.06. The molecule has 0 saturated heterocycles. The van der Waals surface area contributed by atoms with Crippen molar-refractivity contribution in [1.82, 2.24) is 4.57 Å². The van der Waals surface area contributed by atoms with E-state index in [1.54, 1.807) is 11.3 Å². The smallest absolute Gasteiger partial charge is 0.252 e. The monoisotopic (exact) mass is 338 g/mol. The van der Waals surface area contributed by atoms with Gasteiger partial charge in [-0.1, -0.05) is 41.2 Å². The molecule has 0 spiro atoms. The molecule has 1 aromatic heterocycles. The molecule has 3 nitrogen and oxygen atoms in total. The van der Waals surface area contributed by atoms with Crippen molar-refractivity contribution >= 4 is 27.5 Å². The maximum absolute atomic E-state index is 12.5. The SMILES string of the molecule is Cc1cc(C)c(CC(=O)N=c2sc3cccc(C)c3n2C)c(C)c1. The fourth-order valence-electron chi connectivity index (χ4n) is 3.29. The number of nitrogens with zero attached hydrogens (tertiary/aromatic N) is 2. The predicted octanol–water partition coefficient (Wildman–Crippen LogP) is 4.14. The lowest BCUT2D eigenvalue weighted by atomic mass is 9.97. The molecule has 0 saturated carbocycles. The molecule has 0 unspecified atom stereocenters. The normalized spacial score (nSPS) is 12.1. The molecule has 24 heavy (non-hydrogen) atoms. The zero-order valence-electron chi connectivity index (χ0n) is 14.8. The van der Waals surface area contributed by atoms with Gasteiger partial charge >= 0.3 is 0 Å². The summed E-state index contributed by atoms with van der Waals surface area (Å²) in [6.07, 6.45) is 0.352. The van der Waals surface area contributed by atoms with Gasteiger partial charge in [-0.15, -0.1) is 0 Å². The molecule has 0 atom stereocenters. The van der Waals surface area contributed by atoms with Gasteiger partial charge in [-0.25, -0.2) is 0 Å². The summed E-state index contributed by atoms with van der Waals surface area (Å²) in [7, 11) is 1.97. The highest BCUT2D eigenvalue weighted by molar-refractivity contribution is 7.16. The maximum Gasteiger partial charge on any atom is 0.252 e. The predicted molar refractivity (Wildman–Crippen MR) is 100 cm³/mol. The van der Waals surface area contributed by atoms with Crippen molar-refractivity contribution in [3.05, 3.63) is 63.0 Å². The van der Waals surface area contributed by atoms with Crippen molar-refractivity contribution < 1.29 is 4.79 Å². The molecule has 2 aromatic carbocycles. The van der Waals surface area contributed by atoms with Crippen molar-refractivity contribution in [3.63, 3.8) is 0 Å². The zero-order valence-corrected chi connectivity index (χ0v) is 15.6. The average Bonchev–Trinajstić information content (AvgIpc) is 2.80. The van der Waals surface area contributed by atoms with Crippen molar-refractivity contribution in [3.8, 4) is 0 Å². The summed E-state index contributed by atoms with van der Waals surface area (Å²) in [6.45, 7) is 8.28. The van der Waals surface area contributed by atoms with Crippen LogP contribution in [-0.2, 0) is 18.3 Å². The lowest BCUT2D eigenvalue weighted by Gasteiger charge is -2.09. The van der Waals surface area contributed by atoms with Crippen LogP contribution in [0.15, 0.2) is 35.3 Å². The van der Waals surface area contributed by atoms with Crippen LogP contribution in [0.5, 0.6) is 0 Å². The Kier molecular flexibility index (Phi) is 4.41. The first-order valence-corrected chi connectivity index (χ1v) is 8.88. The number of rotatable bonds is 2. The molecule has 1 amide bonds. The minimum absolute atomic E-state index is 0.0927. The van der Waals surface area contributed by atoms with Gasteiger partial charge in [-0.05, 0) is 56.0 Å². The summed E-state index contributed by atoms with van der Waals surface area (Å²) in [5.74, 6) is -0.0927. The molecular weight excluding hydrogens is 316 g/mol. The molecule has 0 aliphatic heterocycles. The Labute approximate surface area is 146 Å². The van der Waals surface area contributed by atoms with Crippen LogP contribution in [0.25, 0.3) is 10.2 Å². The van der Waals surface area contributed by atoms with Gasteiger partial charge in [0.2, 0.25) is 0 Å². The van der Waals surface area contributed by atoms with Gasteiger partial charge in [0.25, 0.3) is 5.91 Å². The molecule has 3 rings (SSSR count). The second kappa shape index (κ2) is 6.36. The standard InChI is InChI=1S/C20H22N2OS/c1-12-9-14(3)16(15(4)10-12)11-18(23)21-20-22(5)19-13(2)7-6-8-17(19)24-20/h6-10H,11H2,1-5H3. The molecular formula is C20H22N2OS. The molecule has 124 valence electrons. The third kappa shape index (κ3) is 3.06. The first kappa shape index (κ1) is 16.7. The maximum atomic E-state index is 12.5. The van der Waals surface area contributed by atoms with E-state index < -0.39 is 0 Å². The Balaban J connectivity index is 2.00. The molecule has 3 aromatic rings. The summed E-state index contributed by atoms with van der Waals surface area (Å²) in [5, 5.41) is 0. The van der Waals surface area contributed by atoms with Gasteiger partial charge in [0.15, 0.2) is 4.80 Å². The van der Waals surface area contributed by atoms with Crippen LogP contribution >= 0.6 is 11.3 Å². The zero-order chi connectivity index (χ0) is 17.4. The number of carbonyl (C=O) groups excluding carboxylic acids is 1. The van der Waals surface area contributed by atoms with Gasteiger partial charge in [-0.3, -0.25) is 4.79 Å². The number of fused-ring (bicyclic) bond motifs is 1. The lowest BCUT2D eigenvalue weighted by Crippen LogP contribution is -2.15. The van der Waals surface area contributed by atoms with Crippen LogP contribution in [0, 0.1) is 27.7 Å². The topological polar surface area (TPSA) is 34.4 Å². The summed E-state index contributed by atoms with van der Waals surface area (Å²) in [5.41, 5.74) is 6.99. The van der Waals surface area contributed by atoms with E-state index in [0.717, 1.165) is 31.7 Å². The Hall–Kier alpha value is -2.20. The summed E-state index contributed by atoms with van der Waals surface area (Å²) < 4.78 is 3.17. The third-order valence-corrected chi connectivity index (χ3v) is 5.51. The average molecular weight is 338 g/mol. The Bertz CT molecular complexity index is 985. The van der Waals surface area contributed by atoms with Crippen molar-refractivity contribution in [2.45, 2.75) is 34.1 Å². The Morgan fingerprint density at radius 3 is 2.38 bits per heavy atom. The fraction of sp³-hybridized carbons (Fsp3) is 0.300. The number of aryl methyl sites for hydroxylation is 5. The van der Waals surface area contributed by atoms with Crippen LogP contribution in [0.4, 0.5) is 0 Å². The molecule has 1 heterocycles. The van der Waals surface area contributed by atoms with Crippen molar-refractivity contribution in [2.75, 3.05) is 0 Å². The number of amides is 1. The molecule has 0 bridgehead atoms. The van der Waals surface area contributed by atoms with E-state index in [-0.39, 0.29) is 5.91 Å². The molecule has 0 fully saturated rings. The Morgan fingerprint density at radius 2 is 1.75 bits per heavy atom. The van der Waals surface area contributed by atoms with E-state index in [1.165, 1.54) is 11.1 Å². The number of thiazole rings is 1. The van der Waals surface area contributed by atoms with Gasteiger partial charge in [-0.2, -0.15) is 4.99 Å². The second-order valence-electron chi connectivity index (χ2n) is 6.42. The quantitative estimate of drug-likeness (QED) is 0.691. The van der Waals surface area contributed by atoms with Crippen LogP contribution in [0.1, 0.15) is 27.8 Å². The van der Waals surface area contributed by atoms with Gasteiger partial charge in [0.1, 0.15) is 0 Å². The lowest BCUT2D eigenvalue weighted by molar-refractivity contribution is -0.117. The van der Waals surface area contributed by atoms with Crippen LogP contribution < -0.4 is 4.80 Å². The first-order chi connectivity index (χ1) is 11.4. The number of hydrogen-bond acceptors (Lipinski definition) is 2. The van der Waals surface area contributed by atoms with Crippen LogP contribution in [0.2, 0.25) is 0 Å². The number of benzene rings is 2. The number of para-hydroxylation sites is 1. The van der Waals surface area contributed by atoms with Crippen molar-refractivity contribution in [2.24, 2.45) is 12.0 Å². The van der Waals surface area contributed by atoms with E-state index >= 15 is 0 Å².